The van der Waals surface area contributed by atoms with Gasteiger partial charge in [-0.2, -0.15) is 0 Å². The van der Waals surface area contributed by atoms with Gasteiger partial charge in [-0.25, -0.2) is 0 Å². The Labute approximate surface area is 168 Å². The summed E-state index contributed by atoms with van der Waals surface area (Å²) in [5, 5.41) is 3.07. The molecule has 0 unspecified atom stereocenters. The number of ketones is 1. The molecule has 1 saturated carbocycles. The van der Waals surface area contributed by atoms with Gasteiger partial charge in [0.25, 0.3) is 5.91 Å². The van der Waals surface area contributed by atoms with Crippen molar-refractivity contribution in [3.05, 3.63) is 40.1 Å². The van der Waals surface area contributed by atoms with E-state index >= 15 is 0 Å². The Balaban J connectivity index is 1.53. The van der Waals surface area contributed by atoms with Crippen molar-refractivity contribution in [1.82, 2.24) is 5.32 Å². The van der Waals surface area contributed by atoms with E-state index in [0.29, 0.717) is 27.0 Å². The van der Waals surface area contributed by atoms with Crippen LogP contribution in [0.4, 0.5) is 0 Å². The van der Waals surface area contributed by atoms with E-state index in [1.54, 1.807) is 26.4 Å². The average molecular weight is 404 g/mol. The molecular weight excluding hydrogens is 378 g/mol. The van der Waals surface area contributed by atoms with Gasteiger partial charge in [0.2, 0.25) is 5.75 Å². The van der Waals surface area contributed by atoms with E-state index in [1.807, 2.05) is 18.2 Å². The predicted octanol–water partition coefficient (Wildman–Crippen LogP) is 4.09. The zero-order valence-electron chi connectivity index (χ0n) is 16.3. The Kier molecular flexibility index (Phi) is 6.57. The predicted molar refractivity (Wildman–Crippen MR) is 108 cm³/mol. The highest BCUT2D eigenvalue weighted by molar-refractivity contribution is 7.15. The number of para-hydroxylation sites is 1. The van der Waals surface area contributed by atoms with Gasteiger partial charge in [0, 0.05) is 6.04 Å². The molecule has 2 aromatic rings. The van der Waals surface area contributed by atoms with Gasteiger partial charge >= 0.3 is 0 Å². The molecule has 0 saturated heterocycles. The highest BCUT2D eigenvalue weighted by Gasteiger charge is 2.25. The molecule has 1 fully saturated rings. The number of hydrogen-bond donors (Lipinski definition) is 1. The van der Waals surface area contributed by atoms with Crippen molar-refractivity contribution in [3.8, 4) is 17.2 Å². The molecule has 0 aliphatic heterocycles. The molecule has 0 radical (unpaired) electrons. The minimum absolute atomic E-state index is 0.0188. The number of Topliss-reactive ketones (excluding diaryl/α,β-unsaturated/α-hetero) is 1. The van der Waals surface area contributed by atoms with Gasteiger partial charge in [0.15, 0.2) is 17.3 Å². The molecular formula is C21H25NO5S. The van der Waals surface area contributed by atoms with E-state index in [0.717, 1.165) is 25.7 Å². The average Bonchev–Trinajstić information content (AvgIpc) is 3.20. The molecule has 6 nitrogen and oxygen atoms in total. The van der Waals surface area contributed by atoms with Crippen molar-refractivity contribution in [2.45, 2.75) is 44.8 Å². The van der Waals surface area contributed by atoms with Crippen molar-refractivity contribution < 1.29 is 23.8 Å². The van der Waals surface area contributed by atoms with Crippen molar-refractivity contribution in [3.63, 3.8) is 0 Å². The van der Waals surface area contributed by atoms with Gasteiger partial charge in [-0.15, -0.1) is 11.3 Å². The zero-order valence-corrected chi connectivity index (χ0v) is 17.1. The molecule has 1 N–H and O–H groups in total. The van der Waals surface area contributed by atoms with Crippen LogP contribution in [0.3, 0.4) is 0 Å². The van der Waals surface area contributed by atoms with Gasteiger partial charge in [-0.1, -0.05) is 6.07 Å². The summed E-state index contributed by atoms with van der Waals surface area (Å²) in [7, 11) is 3.20. The summed E-state index contributed by atoms with van der Waals surface area (Å²) in [6, 6.07) is 9.11. The Morgan fingerprint density at radius 2 is 1.64 bits per heavy atom. The smallest absolute Gasteiger partial charge is 0.261 e. The normalized spacial score (nSPS) is 19.0. The molecule has 3 rings (SSSR count). The molecule has 1 heterocycles. The van der Waals surface area contributed by atoms with Crippen LogP contribution in [0.25, 0.3) is 0 Å². The lowest BCUT2D eigenvalue weighted by Crippen LogP contribution is -2.39. The molecule has 7 heteroatoms. The number of hydrogen-bond acceptors (Lipinski definition) is 6. The second-order valence-corrected chi connectivity index (χ2v) is 7.86. The third-order valence-corrected chi connectivity index (χ3v) is 6.03. The van der Waals surface area contributed by atoms with Gasteiger partial charge < -0.3 is 19.5 Å². The zero-order chi connectivity index (χ0) is 20.1. The number of amides is 1. The molecule has 1 aliphatic carbocycles. The summed E-state index contributed by atoms with van der Waals surface area (Å²) in [4.78, 5) is 25.0. The summed E-state index contributed by atoms with van der Waals surface area (Å²) in [5.74, 6) is 1.77. The van der Waals surface area contributed by atoms with E-state index in [9.17, 15) is 9.59 Å². The molecule has 1 amide bonds. The van der Waals surface area contributed by atoms with Gasteiger partial charge in [0.1, 0.15) is 0 Å². The van der Waals surface area contributed by atoms with E-state index in [2.05, 4.69) is 5.32 Å². The molecule has 1 aromatic carbocycles. The molecule has 1 aliphatic rings. The highest BCUT2D eigenvalue weighted by Crippen LogP contribution is 2.38. The minimum atomic E-state index is -0.115. The Morgan fingerprint density at radius 1 is 0.964 bits per heavy atom. The number of thiophene rings is 1. The fourth-order valence-electron chi connectivity index (χ4n) is 3.36. The quantitative estimate of drug-likeness (QED) is 0.705. The van der Waals surface area contributed by atoms with Crippen LogP contribution in [0, 0.1) is 0 Å². The topological polar surface area (TPSA) is 73.9 Å². The number of rotatable bonds is 7. The molecule has 0 spiro atoms. The number of ether oxygens (including phenoxy) is 3. The fourth-order valence-corrected chi connectivity index (χ4v) is 4.17. The van der Waals surface area contributed by atoms with Crippen LogP contribution in [-0.2, 0) is 0 Å². The molecule has 0 atom stereocenters. The Morgan fingerprint density at radius 3 is 2.25 bits per heavy atom. The lowest BCUT2D eigenvalue weighted by Gasteiger charge is -2.30. The van der Waals surface area contributed by atoms with Crippen molar-refractivity contribution in [2.75, 3.05) is 14.2 Å². The standard InChI is InChI=1S/C21H25NO5S/c1-13(23)18-11-12-19(28-18)21(24)22-14-7-9-15(10-8-14)27-17-6-4-5-16(25-2)20(17)26-3/h4-6,11-12,14-15H,7-10H2,1-3H3,(H,22,24). The number of methoxy groups -OCH3 is 2. The van der Waals surface area contributed by atoms with E-state index < -0.39 is 0 Å². The van der Waals surface area contributed by atoms with Crippen LogP contribution in [-0.4, -0.2) is 38.1 Å². The maximum absolute atomic E-state index is 12.4. The van der Waals surface area contributed by atoms with Crippen LogP contribution in [0.15, 0.2) is 30.3 Å². The number of benzene rings is 1. The fraction of sp³-hybridized carbons (Fsp3) is 0.429. The Hall–Kier alpha value is -2.54. The second kappa shape index (κ2) is 9.10. The van der Waals surface area contributed by atoms with E-state index in [-0.39, 0.29) is 23.8 Å². The number of carbonyl (C=O) groups excluding carboxylic acids is 2. The number of carbonyl (C=O) groups is 2. The van der Waals surface area contributed by atoms with Gasteiger partial charge in [0.05, 0.1) is 30.1 Å². The van der Waals surface area contributed by atoms with Crippen LogP contribution < -0.4 is 19.5 Å². The summed E-state index contributed by atoms with van der Waals surface area (Å²) in [6.45, 7) is 1.51. The van der Waals surface area contributed by atoms with Crippen molar-refractivity contribution in [2.24, 2.45) is 0 Å². The molecule has 1 aromatic heterocycles. The minimum Gasteiger partial charge on any atom is -0.493 e. The van der Waals surface area contributed by atoms with Gasteiger partial charge in [-0.3, -0.25) is 9.59 Å². The lowest BCUT2D eigenvalue weighted by molar-refractivity contribution is 0.0895. The summed E-state index contributed by atoms with van der Waals surface area (Å²) in [5.41, 5.74) is 0. The largest absolute Gasteiger partial charge is 0.493 e. The van der Waals surface area contributed by atoms with Gasteiger partial charge in [-0.05, 0) is 56.9 Å². The summed E-state index contributed by atoms with van der Waals surface area (Å²) >= 11 is 1.24. The van der Waals surface area contributed by atoms with Crippen LogP contribution in [0.2, 0.25) is 0 Å². The first-order chi connectivity index (χ1) is 13.5. The van der Waals surface area contributed by atoms with Crippen molar-refractivity contribution in [1.29, 1.82) is 0 Å². The summed E-state index contributed by atoms with van der Waals surface area (Å²) in [6.07, 6.45) is 3.43. The molecule has 28 heavy (non-hydrogen) atoms. The lowest BCUT2D eigenvalue weighted by atomic mass is 9.93. The second-order valence-electron chi connectivity index (χ2n) is 6.78. The van der Waals surface area contributed by atoms with Crippen molar-refractivity contribution >= 4 is 23.0 Å². The first-order valence-corrected chi connectivity index (χ1v) is 10.1. The third kappa shape index (κ3) is 4.65. The maximum atomic E-state index is 12.4. The first kappa shape index (κ1) is 20.2. The summed E-state index contributed by atoms with van der Waals surface area (Å²) < 4.78 is 16.9. The monoisotopic (exact) mass is 403 g/mol. The third-order valence-electron chi connectivity index (χ3n) is 4.85. The molecule has 0 bridgehead atoms. The van der Waals surface area contributed by atoms with Crippen LogP contribution >= 0.6 is 11.3 Å². The molecule has 150 valence electrons. The SMILES string of the molecule is COc1cccc(OC2CCC(NC(=O)c3ccc(C(C)=O)s3)CC2)c1OC. The van der Waals surface area contributed by atoms with E-state index in [1.165, 1.54) is 18.3 Å². The van der Waals surface area contributed by atoms with E-state index in [4.69, 9.17) is 14.2 Å². The maximum Gasteiger partial charge on any atom is 0.261 e. The van der Waals surface area contributed by atoms with Crippen LogP contribution in [0.1, 0.15) is 52.0 Å². The Bertz CT molecular complexity index is 839. The highest BCUT2D eigenvalue weighted by atomic mass is 32.1. The van der Waals surface area contributed by atoms with Crippen LogP contribution in [0.5, 0.6) is 17.2 Å². The number of nitrogens with one attached hydrogen (secondary N) is 1. The first-order valence-electron chi connectivity index (χ1n) is 9.31.